The van der Waals surface area contributed by atoms with Crippen LogP contribution in [0.15, 0.2) is 29.2 Å². The fourth-order valence-electron chi connectivity index (χ4n) is 4.07. The van der Waals surface area contributed by atoms with E-state index in [1.54, 1.807) is 17.0 Å². The van der Waals surface area contributed by atoms with E-state index in [4.69, 9.17) is 9.47 Å². The van der Waals surface area contributed by atoms with Crippen molar-refractivity contribution in [3.63, 3.8) is 0 Å². The summed E-state index contributed by atoms with van der Waals surface area (Å²) in [4.78, 5) is 27.1. The Bertz CT molecular complexity index is 866. The third-order valence-corrected chi connectivity index (χ3v) is 7.52. The predicted molar refractivity (Wildman–Crippen MR) is 98.7 cm³/mol. The summed E-state index contributed by atoms with van der Waals surface area (Å²) in [6.07, 6.45) is 1.34. The SMILES string of the molecule is Cc1ccc(S(=O)(=O)N2C(=O)CC[C@H]2C(=O)N2CCC3(CC2)OCCO3)cc1. The van der Waals surface area contributed by atoms with Gasteiger partial charge in [0.1, 0.15) is 6.04 Å². The molecule has 4 rings (SSSR count). The van der Waals surface area contributed by atoms with Gasteiger partial charge in [0, 0.05) is 32.4 Å². The van der Waals surface area contributed by atoms with E-state index in [0.29, 0.717) is 39.1 Å². The van der Waals surface area contributed by atoms with Gasteiger partial charge in [0.2, 0.25) is 11.8 Å². The first kappa shape index (κ1) is 19.4. The van der Waals surface area contributed by atoms with E-state index in [0.717, 1.165) is 9.87 Å². The summed E-state index contributed by atoms with van der Waals surface area (Å²) in [5, 5.41) is 0. The maximum atomic E-state index is 13.1. The van der Waals surface area contributed by atoms with Crippen molar-refractivity contribution in [1.82, 2.24) is 9.21 Å². The van der Waals surface area contributed by atoms with Crippen molar-refractivity contribution in [3.8, 4) is 0 Å². The molecule has 0 unspecified atom stereocenters. The summed E-state index contributed by atoms with van der Waals surface area (Å²) in [5.41, 5.74) is 0.915. The molecule has 9 heteroatoms. The van der Waals surface area contributed by atoms with Crippen LogP contribution in [-0.4, -0.2) is 67.6 Å². The molecule has 1 aromatic carbocycles. The molecule has 3 saturated heterocycles. The number of carbonyl (C=O) groups excluding carboxylic acids is 2. The standard InChI is InChI=1S/C19H24N2O6S/c1-14-2-4-15(5-3-14)28(24,25)21-16(6-7-17(21)22)18(23)20-10-8-19(9-11-20)26-12-13-27-19/h2-5,16H,6-13H2,1H3/t16-/m0/s1. The van der Waals surface area contributed by atoms with Gasteiger partial charge in [-0.25, -0.2) is 12.7 Å². The van der Waals surface area contributed by atoms with Gasteiger partial charge in [0.25, 0.3) is 10.0 Å². The van der Waals surface area contributed by atoms with E-state index in [-0.39, 0.29) is 23.6 Å². The van der Waals surface area contributed by atoms with Gasteiger partial charge >= 0.3 is 0 Å². The highest BCUT2D eigenvalue weighted by atomic mass is 32.2. The molecule has 0 aromatic heterocycles. The molecule has 0 radical (unpaired) electrons. The molecule has 0 bridgehead atoms. The second kappa shape index (κ2) is 7.13. The lowest BCUT2D eigenvalue weighted by Crippen LogP contribution is -2.53. The minimum Gasteiger partial charge on any atom is -0.347 e. The Balaban J connectivity index is 1.53. The summed E-state index contributed by atoms with van der Waals surface area (Å²) in [6.45, 7) is 3.79. The molecule has 3 aliphatic rings. The van der Waals surface area contributed by atoms with E-state index in [1.807, 2.05) is 6.92 Å². The number of aryl methyl sites for hydroxylation is 1. The van der Waals surface area contributed by atoms with E-state index in [2.05, 4.69) is 0 Å². The second-order valence-corrected chi connectivity index (χ2v) is 9.31. The maximum Gasteiger partial charge on any atom is 0.267 e. The minimum atomic E-state index is -4.07. The van der Waals surface area contributed by atoms with Crippen LogP contribution in [0.25, 0.3) is 0 Å². The van der Waals surface area contributed by atoms with Crippen molar-refractivity contribution < 1.29 is 27.5 Å². The lowest BCUT2D eigenvalue weighted by Gasteiger charge is -2.39. The third kappa shape index (κ3) is 3.31. The molecule has 3 heterocycles. The number of hydrogen-bond acceptors (Lipinski definition) is 6. The molecule has 0 saturated carbocycles. The Hall–Kier alpha value is -1.97. The topological polar surface area (TPSA) is 93.2 Å². The molecule has 1 aromatic rings. The molecule has 0 N–H and O–H groups in total. The molecule has 2 amide bonds. The number of ether oxygens (including phenoxy) is 2. The maximum absolute atomic E-state index is 13.1. The average molecular weight is 408 g/mol. The van der Waals surface area contributed by atoms with Crippen LogP contribution in [0.1, 0.15) is 31.2 Å². The first-order valence-electron chi connectivity index (χ1n) is 9.53. The Kier molecular flexibility index (Phi) is 4.93. The Morgan fingerprint density at radius 3 is 2.32 bits per heavy atom. The van der Waals surface area contributed by atoms with Crippen molar-refractivity contribution in [2.45, 2.75) is 49.3 Å². The summed E-state index contributed by atoms with van der Waals surface area (Å²) in [6, 6.07) is 5.30. The van der Waals surface area contributed by atoms with E-state index < -0.39 is 27.8 Å². The van der Waals surface area contributed by atoms with Crippen LogP contribution in [0.2, 0.25) is 0 Å². The van der Waals surface area contributed by atoms with Crippen molar-refractivity contribution in [1.29, 1.82) is 0 Å². The number of likely N-dealkylation sites (tertiary alicyclic amines) is 1. The second-order valence-electron chi connectivity index (χ2n) is 7.50. The van der Waals surface area contributed by atoms with Crippen LogP contribution >= 0.6 is 0 Å². The molecule has 8 nitrogen and oxygen atoms in total. The normalized spacial score (nSPS) is 24.9. The number of nitrogens with zero attached hydrogens (tertiary/aromatic N) is 2. The molecule has 0 aliphatic carbocycles. The molecule has 1 spiro atoms. The monoisotopic (exact) mass is 408 g/mol. The van der Waals surface area contributed by atoms with Crippen molar-refractivity contribution in [3.05, 3.63) is 29.8 Å². The number of hydrogen-bond donors (Lipinski definition) is 0. The zero-order chi connectivity index (χ0) is 19.9. The quantitative estimate of drug-likeness (QED) is 0.742. The van der Waals surface area contributed by atoms with Gasteiger partial charge < -0.3 is 14.4 Å². The van der Waals surface area contributed by atoms with E-state index in [9.17, 15) is 18.0 Å². The smallest absolute Gasteiger partial charge is 0.267 e. The number of sulfonamides is 1. The lowest BCUT2D eigenvalue weighted by atomic mass is 10.0. The minimum absolute atomic E-state index is 0.0245. The first-order chi connectivity index (χ1) is 13.3. The number of amides is 2. The highest BCUT2D eigenvalue weighted by Crippen LogP contribution is 2.33. The fourth-order valence-corrected chi connectivity index (χ4v) is 5.67. The van der Waals surface area contributed by atoms with Crippen LogP contribution in [-0.2, 0) is 29.1 Å². The first-order valence-corrected chi connectivity index (χ1v) is 11.0. The van der Waals surface area contributed by atoms with Gasteiger partial charge in [-0.1, -0.05) is 17.7 Å². The van der Waals surface area contributed by atoms with Crippen LogP contribution < -0.4 is 0 Å². The highest BCUT2D eigenvalue weighted by Gasteiger charge is 2.47. The highest BCUT2D eigenvalue weighted by molar-refractivity contribution is 7.89. The summed E-state index contributed by atoms with van der Waals surface area (Å²) < 4.78 is 38.2. The van der Waals surface area contributed by atoms with Gasteiger partial charge in [0.05, 0.1) is 18.1 Å². The Morgan fingerprint density at radius 1 is 1.11 bits per heavy atom. The molecule has 3 aliphatic heterocycles. The molecule has 3 fully saturated rings. The largest absolute Gasteiger partial charge is 0.347 e. The van der Waals surface area contributed by atoms with Crippen LogP contribution in [0, 0.1) is 6.92 Å². The Morgan fingerprint density at radius 2 is 1.71 bits per heavy atom. The lowest BCUT2D eigenvalue weighted by molar-refractivity contribution is -0.188. The van der Waals surface area contributed by atoms with Crippen molar-refractivity contribution in [2.24, 2.45) is 0 Å². The Labute approximate surface area is 164 Å². The zero-order valence-electron chi connectivity index (χ0n) is 15.8. The summed E-state index contributed by atoms with van der Waals surface area (Å²) in [5.74, 6) is -1.47. The number of piperidine rings is 1. The van der Waals surface area contributed by atoms with E-state index in [1.165, 1.54) is 12.1 Å². The number of carbonyl (C=O) groups is 2. The van der Waals surface area contributed by atoms with Crippen LogP contribution in [0.5, 0.6) is 0 Å². The van der Waals surface area contributed by atoms with Crippen LogP contribution in [0.4, 0.5) is 0 Å². The van der Waals surface area contributed by atoms with Crippen molar-refractivity contribution in [2.75, 3.05) is 26.3 Å². The molecular weight excluding hydrogens is 384 g/mol. The summed E-state index contributed by atoms with van der Waals surface area (Å²) in [7, 11) is -4.07. The zero-order valence-corrected chi connectivity index (χ0v) is 16.6. The van der Waals surface area contributed by atoms with Crippen molar-refractivity contribution >= 4 is 21.8 Å². The van der Waals surface area contributed by atoms with E-state index >= 15 is 0 Å². The predicted octanol–water partition coefficient (Wildman–Crippen LogP) is 1.04. The van der Waals surface area contributed by atoms with Gasteiger partial charge in [0.15, 0.2) is 5.79 Å². The van der Waals surface area contributed by atoms with Gasteiger partial charge in [-0.2, -0.15) is 0 Å². The molecule has 152 valence electrons. The van der Waals surface area contributed by atoms with Gasteiger partial charge in [-0.3, -0.25) is 9.59 Å². The molecule has 1 atom stereocenters. The summed E-state index contributed by atoms with van der Waals surface area (Å²) >= 11 is 0. The fraction of sp³-hybridized carbons (Fsp3) is 0.579. The van der Waals surface area contributed by atoms with Crippen LogP contribution in [0.3, 0.4) is 0 Å². The van der Waals surface area contributed by atoms with Gasteiger partial charge in [-0.15, -0.1) is 0 Å². The molecular formula is C19H24N2O6S. The average Bonchev–Trinajstić information content (AvgIpc) is 3.29. The number of benzene rings is 1. The third-order valence-electron chi connectivity index (χ3n) is 5.67. The van der Waals surface area contributed by atoms with Gasteiger partial charge in [-0.05, 0) is 25.5 Å². The molecule has 28 heavy (non-hydrogen) atoms. The number of rotatable bonds is 3.